The molecular weight excluding hydrogens is 1280 g/mol. The number of likely N-dealkylation sites (tertiary alicyclic amines) is 3. The second-order valence-electron chi connectivity index (χ2n) is 29.7. The number of aryl methyl sites for hydroxylation is 5. The number of ketones is 1. The fourth-order valence-corrected chi connectivity index (χ4v) is 16.1. The quantitative estimate of drug-likeness (QED) is 0.0246. The molecule has 6 aliphatic heterocycles. The number of carboxylic acids is 2. The summed E-state index contributed by atoms with van der Waals surface area (Å²) in [6.45, 7) is 11.4. The zero-order chi connectivity index (χ0) is 70.2. The molecule has 3 saturated carbocycles. The number of nitrogens with zero attached hydrogens (tertiary/aromatic N) is 9. The molecule has 21 heteroatoms. The smallest absolute Gasteiger partial charge is 0.325 e. The van der Waals surface area contributed by atoms with Gasteiger partial charge in [-0.1, -0.05) is 30.7 Å². The average molecular weight is 1390 g/mol. The minimum absolute atomic E-state index is 0.0732. The zero-order valence-electron chi connectivity index (χ0n) is 60.2. The predicted octanol–water partition coefficient (Wildman–Crippen LogP) is 12.8. The lowest BCUT2D eigenvalue weighted by Gasteiger charge is -2.27. The maximum atomic E-state index is 12.6. The number of anilines is 3. The number of carbonyl (C=O) groups excluding carboxylic acids is 1. The van der Waals surface area contributed by atoms with Crippen LogP contribution in [-0.2, 0) is 67.1 Å². The summed E-state index contributed by atoms with van der Waals surface area (Å²) in [6, 6.07) is 19.3. The first-order valence-corrected chi connectivity index (χ1v) is 38.6. The summed E-state index contributed by atoms with van der Waals surface area (Å²) in [5.74, 6) is 4.14. The van der Waals surface area contributed by atoms with Gasteiger partial charge in [-0.3, -0.25) is 44.0 Å². The SMILES string of the molecule is CC(=O)[C@H](c1cccnc1C1CC1)N1CC[C@@H](OCCCCc2ccc3c(n2)NCCC3)C1.COc1cc(CCCCO[C@@H]2CCN(C(C(=O)O)c3cccnc3C3CC3)C2)nc2c1CCCN2.O=C(O)C(c1cnccc1C1CC1)N1CC[C@@H](OCCCCCc2ccc3c(n2)NCCC3)C1. The fourth-order valence-electron chi connectivity index (χ4n) is 16.1. The van der Waals surface area contributed by atoms with E-state index in [9.17, 15) is 24.6 Å². The van der Waals surface area contributed by atoms with Gasteiger partial charge < -0.3 is 45.1 Å². The van der Waals surface area contributed by atoms with Gasteiger partial charge in [0, 0.05) is 167 Å². The predicted molar refractivity (Wildman–Crippen MR) is 394 cm³/mol. The first kappa shape index (κ1) is 72.8. The molecule has 3 saturated heterocycles. The van der Waals surface area contributed by atoms with E-state index in [0.717, 1.165) is 256 Å². The summed E-state index contributed by atoms with van der Waals surface area (Å²) in [7, 11) is 1.72. The van der Waals surface area contributed by atoms with Gasteiger partial charge >= 0.3 is 11.9 Å². The number of aliphatic carboxylic acids is 2. The molecule has 12 heterocycles. The van der Waals surface area contributed by atoms with Gasteiger partial charge in [-0.15, -0.1) is 0 Å². The first-order valence-electron chi connectivity index (χ1n) is 38.6. The van der Waals surface area contributed by atoms with E-state index in [0.29, 0.717) is 37.5 Å². The lowest BCUT2D eigenvalue weighted by Crippen LogP contribution is -2.34. The van der Waals surface area contributed by atoms with Gasteiger partial charge in [0.25, 0.3) is 0 Å². The van der Waals surface area contributed by atoms with Crippen LogP contribution in [0.15, 0.2) is 85.5 Å². The molecule has 0 bridgehead atoms. The molecule has 3 aliphatic carbocycles. The van der Waals surface area contributed by atoms with Crippen LogP contribution in [0, 0.1) is 0 Å². The fraction of sp³-hybridized carbons (Fsp3) is 0.593. The topological polar surface area (TPSA) is 252 Å². The van der Waals surface area contributed by atoms with Crippen LogP contribution in [0.2, 0.25) is 0 Å². The second kappa shape index (κ2) is 35.8. The normalized spacial score (nSPS) is 21.1. The van der Waals surface area contributed by atoms with Crippen molar-refractivity contribution in [1.29, 1.82) is 0 Å². The Labute approximate surface area is 602 Å². The third-order valence-electron chi connectivity index (χ3n) is 21.9. The van der Waals surface area contributed by atoms with Gasteiger partial charge in [0.05, 0.1) is 31.5 Å². The Kier molecular flexibility index (Phi) is 25.5. The molecule has 546 valence electrons. The summed E-state index contributed by atoms with van der Waals surface area (Å²) in [6.07, 6.45) is 34.1. The molecule has 6 aromatic rings. The highest BCUT2D eigenvalue weighted by molar-refractivity contribution is 5.83. The summed E-state index contributed by atoms with van der Waals surface area (Å²) in [5, 5.41) is 30.3. The van der Waals surface area contributed by atoms with E-state index >= 15 is 0 Å². The van der Waals surface area contributed by atoms with Gasteiger partial charge in [0.15, 0.2) is 5.78 Å². The maximum absolute atomic E-state index is 12.6. The largest absolute Gasteiger partial charge is 0.496 e. The van der Waals surface area contributed by atoms with Gasteiger partial charge in [-0.05, 0) is 220 Å². The summed E-state index contributed by atoms with van der Waals surface area (Å²) in [4.78, 5) is 71.2. The van der Waals surface area contributed by atoms with Gasteiger partial charge in [-0.2, -0.15) is 0 Å². The molecule has 21 nitrogen and oxygen atoms in total. The Balaban J connectivity index is 0.000000137. The van der Waals surface area contributed by atoms with Crippen molar-refractivity contribution in [1.82, 2.24) is 44.6 Å². The molecule has 102 heavy (non-hydrogen) atoms. The standard InChI is InChI=1S/C27H36N4O4.C27H36N4O3.C27H36N4O2/c1-34-23-16-19(30-26-21(23)7-4-13-29-26)6-2-3-15-35-20-11-14-31(17-20)25(27(32)33)22-8-5-12-28-24(22)18-9-10-18;32-27(33)25(24-17-28-14-11-23(24)19-7-8-19)31-15-12-22(18-31)34-16-3-1-2-6-21-10-9-20-5-4-13-29-26(20)30-21;1-19(32)26(24-8-5-14-28-25(24)20-9-10-20)31-16-13-23(18-31)33-17-3-2-7-22-12-11-21-6-4-15-29-27(21)30-22/h5,8,12,16,18,20,25H,2-4,6-7,9-11,13-15,17H2,1H3,(H,29,30)(H,32,33);9-11,14,17,19,22,25H,1-8,12-13,15-16,18H2,(H,29,30)(H,32,33);5,8,11-12,14,20,23,26H,2-4,6-7,9-10,13,15-18H2,1H3,(H,29,30)/t20-,25?;22-,25?;23-,26-/m111/s1. The van der Waals surface area contributed by atoms with Crippen LogP contribution in [0.25, 0.3) is 0 Å². The third-order valence-corrected chi connectivity index (χ3v) is 21.9. The van der Waals surface area contributed by atoms with Crippen molar-refractivity contribution in [3.05, 3.63) is 153 Å². The zero-order valence-corrected chi connectivity index (χ0v) is 60.2. The Morgan fingerprint density at radius 3 is 1.48 bits per heavy atom. The van der Waals surface area contributed by atoms with Crippen molar-refractivity contribution in [2.75, 3.05) is 102 Å². The molecule has 0 aromatic carbocycles. The van der Waals surface area contributed by atoms with Crippen molar-refractivity contribution >= 4 is 35.2 Å². The van der Waals surface area contributed by atoms with E-state index < -0.39 is 24.0 Å². The lowest BCUT2D eigenvalue weighted by molar-refractivity contribution is -0.144. The number of hydrogen-bond donors (Lipinski definition) is 5. The van der Waals surface area contributed by atoms with Crippen LogP contribution >= 0.6 is 0 Å². The molecule has 6 aromatic heterocycles. The van der Waals surface area contributed by atoms with E-state index in [1.54, 1.807) is 32.6 Å². The second-order valence-corrected chi connectivity index (χ2v) is 29.7. The van der Waals surface area contributed by atoms with Crippen molar-refractivity contribution in [3.8, 4) is 5.75 Å². The number of rotatable bonds is 32. The van der Waals surface area contributed by atoms with Crippen LogP contribution in [0.5, 0.6) is 5.75 Å². The van der Waals surface area contributed by atoms with Crippen molar-refractivity contribution in [3.63, 3.8) is 0 Å². The Morgan fingerprint density at radius 2 is 0.971 bits per heavy atom. The van der Waals surface area contributed by atoms with Gasteiger partial charge in [0.1, 0.15) is 35.3 Å². The number of pyridine rings is 6. The Morgan fingerprint density at radius 1 is 0.510 bits per heavy atom. The van der Waals surface area contributed by atoms with E-state index in [1.807, 2.05) is 35.4 Å². The van der Waals surface area contributed by atoms with Crippen molar-refractivity contribution in [2.24, 2.45) is 0 Å². The number of methoxy groups -OCH3 is 1. The number of hydrogen-bond acceptors (Lipinski definition) is 19. The van der Waals surface area contributed by atoms with Crippen LogP contribution in [0.4, 0.5) is 17.5 Å². The molecular formula is C81H108N12O9. The number of fused-ring (bicyclic) bond motifs is 3. The molecule has 15 rings (SSSR count). The molecule has 5 N–H and O–H groups in total. The van der Waals surface area contributed by atoms with Crippen LogP contribution in [-0.4, -0.2) is 177 Å². The maximum Gasteiger partial charge on any atom is 0.325 e. The van der Waals surface area contributed by atoms with Gasteiger partial charge in [-0.25, -0.2) is 15.0 Å². The Bertz CT molecular complexity index is 3760. The highest BCUT2D eigenvalue weighted by Crippen LogP contribution is 2.46. The van der Waals surface area contributed by atoms with Crippen LogP contribution in [0.3, 0.4) is 0 Å². The number of carboxylic acid groups (broad SMARTS) is 2. The molecule has 0 spiro atoms. The van der Waals surface area contributed by atoms with E-state index in [2.05, 4.69) is 77.1 Å². The molecule has 6 fully saturated rings. The van der Waals surface area contributed by atoms with Gasteiger partial charge in [0.2, 0.25) is 0 Å². The van der Waals surface area contributed by atoms with E-state index in [4.69, 9.17) is 33.9 Å². The number of ether oxygens (including phenoxy) is 4. The first-order chi connectivity index (χ1) is 50.0. The summed E-state index contributed by atoms with van der Waals surface area (Å²) < 4.78 is 24.1. The van der Waals surface area contributed by atoms with Crippen molar-refractivity contribution in [2.45, 2.75) is 222 Å². The van der Waals surface area contributed by atoms with E-state index in [-0.39, 0.29) is 30.1 Å². The Hall–Kier alpha value is -7.53. The summed E-state index contributed by atoms with van der Waals surface area (Å²) >= 11 is 0. The number of carbonyl (C=O) groups is 3. The highest BCUT2D eigenvalue weighted by Gasteiger charge is 2.41. The molecule has 0 amide bonds. The number of unbranched alkanes of at least 4 members (excludes halogenated alkanes) is 4. The number of Topliss-reactive ketones (excluding diaryl/α,β-unsaturated/α-hetero) is 1. The molecule has 0 radical (unpaired) electrons. The molecule has 6 atom stereocenters. The summed E-state index contributed by atoms with van der Waals surface area (Å²) in [5.41, 5.74) is 13.3. The molecule has 9 aliphatic rings. The van der Waals surface area contributed by atoms with Crippen molar-refractivity contribution < 1.29 is 43.5 Å². The lowest BCUT2D eigenvalue weighted by atomic mass is 9.98. The minimum atomic E-state index is -0.803. The van der Waals surface area contributed by atoms with E-state index in [1.165, 1.54) is 53.8 Å². The monoisotopic (exact) mass is 1390 g/mol. The minimum Gasteiger partial charge on any atom is -0.496 e. The molecule has 2 unspecified atom stereocenters. The van der Waals surface area contributed by atoms with Crippen LogP contribution < -0.4 is 20.7 Å². The highest BCUT2D eigenvalue weighted by atomic mass is 16.5. The number of nitrogens with one attached hydrogen (secondary N) is 3. The average Bonchev–Trinajstić information content (AvgIpc) is 1.67. The number of aromatic nitrogens is 6. The van der Waals surface area contributed by atoms with Crippen LogP contribution in [0.1, 0.15) is 232 Å². The third kappa shape index (κ3) is 19.4.